The molecule has 0 saturated heterocycles. The molecule has 0 aliphatic carbocycles. The number of nitrogens with one attached hydrogen (secondary N) is 1. The molecule has 0 bridgehead atoms. The zero-order valence-corrected chi connectivity index (χ0v) is 15.7. The first-order valence-electron chi connectivity index (χ1n) is 6.69. The van der Waals surface area contributed by atoms with Gasteiger partial charge in [0.2, 0.25) is 0 Å². The summed E-state index contributed by atoms with van der Waals surface area (Å²) in [5.74, 6) is -0.945. The molecule has 2 aromatic rings. The summed E-state index contributed by atoms with van der Waals surface area (Å²) in [6.45, 7) is -0.326. The normalized spacial score (nSPS) is 10.5. The predicted molar refractivity (Wildman–Crippen MR) is 102 cm³/mol. The van der Waals surface area contributed by atoms with Gasteiger partial charge in [0, 0.05) is 19.8 Å². The lowest BCUT2D eigenvalue weighted by Crippen LogP contribution is -2.20. The molecule has 0 radical (unpaired) electrons. The van der Waals surface area contributed by atoms with E-state index in [1.807, 2.05) is 42.5 Å². The largest absolute Gasteiger partial charge is 0.452 e. The van der Waals surface area contributed by atoms with Crippen LogP contribution < -0.4 is 5.32 Å². The summed E-state index contributed by atoms with van der Waals surface area (Å²) in [7, 11) is 0. The molecule has 0 aliphatic heterocycles. The fourth-order valence-electron chi connectivity index (χ4n) is 1.72. The number of carbonyl (C=O) groups is 2. The average Bonchev–Trinajstić information content (AvgIpc) is 2.51. The van der Waals surface area contributed by atoms with Crippen molar-refractivity contribution in [3.8, 4) is 0 Å². The smallest absolute Gasteiger partial charge is 0.331 e. The third-order valence-corrected chi connectivity index (χ3v) is 3.88. The van der Waals surface area contributed by atoms with Gasteiger partial charge in [0.05, 0.1) is 0 Å². The van der Waals surface area contributed by atoms with Crippen LogP contribution in [0.4, 0.5) is 5.69 Å². The van der Waals surface area contributed by atoms with Crippen molar-refractivity contribution in [2.24, 2.45) is 0 Å². The molecule has 0 aliphatic rings. The van der Waals surface area contributed by atoms with Crippen LogP contribution >= 0.6 is 38.5 Å². The molecule has 1 amide bonds. The van der Waals surface area contributed by atoms with Crippen molar-refractivity contribution in [2.75, 3.05) is 11.9 Å². The van der Waals surface area contributed by atoms with Gasteiger partial charge in [-0.3, -0.25) is 4.79 Å². The number of carbonyl (C=O) groups excluding carboxylic acids is 2. The maximum atomic E-state index is 11.7. The Bertz CT molecular complexity index is 746. The quantitative estimate of drug-likeness (QED) is 0.391. The van der Waals surface area contributed by atoms with Crippen LogP contribution in [-0.4, -0.2) is 18.5 Å². The minimum absolute atomic E-state index is 0.326. The van der Waals surface area contributed by atoms with E-state index in [-0.39, 0.29) is 12.5 Å². The molecule has 23 heavy (non-hydrogen) atoms. The molecular formula is C17H13BrINO3. The minimum atomic E-state index is -0.567. The van der Waals surface area contributed by atoms with E-state index in [9.17, 15) is 9.59 Å². The molecule has 0 atom stereocenters. The van der Waals surface area contributed by atoms with Gasteiger partial charge in [-0.2, -0.15) is 0 Å². The van der Waals surface area contributed by atoms with E-state index < -0.39 is 5.97 Å². The van der Waals surface area contributed by atoms with Gasteiger partial charge in [-0.1, -0.05) is 34.1 Å². The number of anilines is 1. The molecule has 0 spiro atoms. The summed E-state index contributed by atoms with van der Waals surface area (Å²) in [6, 6.07) is 14.8. The van der Waals surface area contributed by atoms with Gasteiger partial charge in [0.25, 0.3) is 5.91 Å². The molecule has 6 heteroatoms. The number of halogens is 2. The van der Waals surface area contributed by atoms with Crippen LogP contribution in [0.2, 0.25) is 0 Å². The zero-order chi connectivity index (χ0) is 16.7. The fourth-order valence-corrected chi connectivity index (χ4v) is 2.68. The van der Waals surface area contributed by atoms with Gasteiger partial charge in [-0.15, -0.1) is 0 Å². The van der Waals surface area contributed by atoms with Gasteiger partial charge in [-0.05, 0) is 64.6 Å². The first-order valence-corrected chi connectivity index (χ1v) is 8.56. The lowest BCUT2D eigenvalue weighted by molar-refractivity contribution is -0.142. The Balaban J connectivity index is 1.81. The van der Waals surface area contributed by atoms with E-state index >= 15 is 0 Å². The van der Waals surface area contributed by atoms with Crippen LogP contribution in [0.1, 0.15) is 5.56 Å². The van der Waals surface area contributed by atoms with Crippen molar-refractivity contribution in [1.82, 2.24) is 0 Å². The lowest BCUT2D eigenvalue weighted by Gasteiger charge is -2.05. The highest BCUT2D eigenvalue weighted by molar-refractivity contribution is 14.1. The van der Waals surface area contributed by atoms with E-state index in [2.05, 4.69) is 43.8 Å². The van der Waals surface area contributed by atoms with Gasteiger partial charge in [-0.25, -0.2) is 4.79 Å². The first-order chi connectivity index (χ1) is 11.0. The molecule has 0 aromatic heterocycles. The molecule has 2 aromatic carbocycles. The van der Waals surface area contributed by atoms with E-state index in [4.69, 9.17) is 4.74 Å². The van der Waals surface area contributed by atoms with Crippen LogP contribution in [0, 0.1) is 3.57 Å². The summed E-state index contributed by atoms with van der Waals surface area (Å²) < 4.78 is 6.84. The highest BCUT2D eigenvalue weighted by Gasteiger charge is 2.05. The molecule has 0 heterocycles. The summed E-state index contributed by atoms with van der Waals surface area (Å²) in [5.41, 5.74) is 1.53. The van der Waals surface area contributed by atoms with Crippen LogP contribution in [0.25, 0.3) is 6.08 Å². The van der Waals surface area contributed by atoms with Crippen molar-refractivity contribution in [3.05, 3.63) is 68.2 Å². The maximum Gasteiger partial charge on any atom is 0.331 e. The monoisotopic (exact) mass is 485 g/mol. The average molecular weight is 486 g/mol. The molecular weight excluding hydrogens is 473 g/mol. The van der Waals surface area contributed by atoms with Crippen LogP contribution in [0.3, 0.4) is 0 Å². The second-order valence-electron chi connectivity index (χ2n) is 4.55. The summed E-state index contributed by atoms with van der Waals surface area (Å²) in [6.07, 6.45) is 2.92. The molecule has 0 saturated carbocycles. The Morgan fingerprint density at radius 1 is 1.17 bits per heavy atom. The molecule has 1 N–H and O–H groups in total. The Labute approximate surface area is 156 Å². The van der Waals surface area contributed by atoms with Gasteiger partial charge in [0.15, 0.2) is 6.61 Å². The van der Waals surface area contributed by atoms with Crippen LogP contribution in [0.15, 0.2) is 59.1 Å². The Morgan fingerprint density at radius 3 is 2.70 bits per heavy atom. The summed E-state index contributed by atoms with van der Waals surface area (Å²) >= 11 is 5.51. The molecule has 0 fully saturated rings. The first kappa shape index (κ1) is 17.7. The number of hydrogen-bond donors (Lipinski definition) is 1. The lowest BCUT2D eigenvalue weighted by atomic mass is 10.2. The number of ether oxygens (including phenoxy) is 1. The van der Waals surface area contributed by atoms with Gasteiger partial charge >= 0.3 is 5.97 Å². The molecule has 0 unspecified atom stereocenters. The van der Waals surface area contributed by atoms with E-state index in [1.54, 1.807) is 12.1 Å². The second-order valence-corrected chi connectivity index (χ2v) is 6.72. The van der Waals surface area contributed by atoms with Gasteiger partial charge < -0.3 is 10.1 Å². The van der Waals surface area contributed by atoms with E-state index in [0.717, 1.165) is 13.6 Å². The third kappa shape index (κ3) is 6.54. The van der Waals surface area contributed by atoms with Crippen molar-refractivity contribution in [3.63, 3.8) is 0 Å². The van der Waals surface area contributed by atoms with Crippen molar-refractivity contribution in [1.29, 1.82) is 0 Å². The van der Waals surface area contributed by atoms with E-state index in [0.29, 0.717) is 5.69 Å². The summed E-state index contributed by atoms with van der Waals surface area (Å²) in [4.78, 5) is 23.3. The molecule has 2 rings (SSSR count). The van der Waals surface area contributed by atoms with Crippen molar-refractivity contribution >= 4 is 62.2 Å². The van der Waals surface area contributed by atoms with E-state index in [1.165, 1.54) is 6.08 Å². The van der Waals surface area contributed by atoms with Crippen LogP contribution in [0.5, 0.6) is 0 Å². The van der Waals surface area contributed by atoms with Crippen molar-refractivity contribution < 1.29 is 14.3 Å². The Morgan fingerprint density at radius 2 is 1.96 bits per heavy atom. The fraction of sp³-hybridized carbons (Fsp3) is 0.0588. The third-order valence-electron chi connectivity index (χ3n) is 2.71. The minimum Gasteiger partial charge on any atom is -0.452 e. The second kappa shape index (κ2) is 8.83. The zero-order valence-electron chi connectivity index (χ0n) is 12.0. The van der Waals surface area contributed by atoms with Gasteiger partial charge in [0.1, 0.15) is 0 Å². The standard InChI is InChI=1S/C17H13BrINO3/c18-13-4-1-3-12(9-13)7-8-17(22)23-11-16(21)20-15-6-2-5-14(19)10-15/h1-10H,11H2,(H,20,21). The number of benzene rings is 2. The number of hydrogen-bond acceptors (Lipinski definition) is 3. The predicted octanol–water partition coefficient (Wildman–Crippen LogP) is 4.25. The van der Waals surface area contributed by atoms with Crippen LogP contribution in [-0.2, 0) is 14.3 Å². The number of amides is 1. The number of rotatable bonds is 5. The topological polar surface area (TPSA) is 55.4 Å². The number of esters is 1. The Hall–Kier alpha value is -1.67. The highest BCUT2D eigenvalue weighted by Crippen LogP contribution is 2.13. The van der Waals surface area contributed by atoms with Crippen molar-refractivity contribution in [2.45, 2.75) is 0 Å². The molecule has 4 nitrogen and oxygen atoms in total. The Kier molecular flexibility index (Phi) is 6.79. The SMILES string of the molecule is O=C(COC(=O)C=Cc1cccc(Br)c1)Nc1cccc(I)c1. The highest BCUT2D eigenvalue weighted by atomic mass is 127. The molecule has 118 valence electrons. The summed E-state index contributed by atoms with van der Waals surface area (Å²) in [5, 5.41) is 2.67. The maximum absolute atomic E-state index is 11.7.